The van der Waals surface area contributed by atoms with Crippen molar-refractivity contribution in [2.45, 2.75) is 40.7 Å². The Morgan fingerprint density at radius 1 is 1.38 bits per heavy atom. The van der Waals surface area contributed by atoms with Crippen LogP contribution in [0, 0.1) is 31.1 Å². The minimum atomic E-state index is -0.838. The summed E-state index contributed by atoms with van der Waals surface area (Å²) < 4.78 is 11.3. The van der Waals surface area contributed by atoms with Crippen LogP contribution in [-0.2, 0) is 25.6 Å². The van der Waals surface area contributed by atoms with Crippen molar-refractivity contribution >= 4 is 18.0 Å². The lowest BCUT2D eigenvalue weighted by Crippen LogP contribution is -2.15. The van der Waals surface area contributed by atoms with E-state index in [1.165, 1.54) is 13.2 Å². The van der Waals surface area contributed by atoms with Gasteiger partial charge in [-0.2, -0.15) is 5.26 Å². The smallest absolute Gasteiger partial charge is 0.349 e. The number of nitrogens with zero attached hydrogens (tertiary/aromatic N) is 2. The summed E-state index contributed by atoms with van der Waals surface area (Å²) in [5.41, 5.74) is 2.70. The molecule has 6 heteroatoms. The Balaban J connectivity index is 2.97. The van der Waals surface area contributed by atoms with Gasteiger partial charge < -0.3 is 14.0 Å². The number of nitriles is 1. The molecule has 0 saturated carbocycles. The summed E-state index contributed by atoms with van der Waals surface area (Å²) in [6, 6.07) is 3.75. The van der Waals surface area contributed by atoms with Crippen molar-refractivity contribution in [3.05, 3.63) is 28.6 Å². The van der Waals surface area contributed by atoms with Crippen LogP contribution in [0.25, 0.3) is 6.08 Å². The van der Waals surface area contributed by atoms with E-state index in [0.717, 1.165) is 29.9 Å². The average molecular weight is 332 g/mol. The van der Waals surface area contributed by atoms with Gasteiger partial charge in [0.05, 0.1) is 7.11 Å². The summed E-state index contributed by atoms with van der Waals surface area (Å²) in [7, 11) is 1.20. The van der Waals surface area contributed by atoms with Gasteiger partial charge in [-0.05, 0) is 43.9 Å². The summed E-state index contributed by atoms with van der Waals surface area (Å²) in [6.45, 7) is 8.65. The molecule has 0 radical (unpaired) electrons. The van der Waals surface area contributed by atoms with E-state index in [0.29, 0.717) is 5.92 Å². The van der Waals surface area contributed by atoms with E-state index in [2.05, 4.69) is 23.2 Å². The Bertz CT molecular complexity index is 678. The highest BCUT2D eigenvalue weighted by atomic mass is 16.6. The second kappa shape index (κ2) is 8.92. The number of rotatable bonds is 7. The largest absolute Gasteiger partial charge is 0.466 e. The molecule has 0 aliphatic carbocycles. The lowest BCUT2D eigenvalue weighted by Gasteiger charge is -2.11. The van der Waals surface area contributed by atoms with Crippen molar-refractivity contribution in [2.75, 3.05) is 13.7 Å². The number of ether oxygens (including phenoxy) is 2. The molecule has 6 nitrogen and oxygen atoms in total. The van der Waals surface area contributed by atoms with Crippen LogP contribution in [0.4, 0.5) is 0 Å². The molecule has 1 aromatic heterocycles. The predicted molar refractivity (Wildman–Crippen MR) is 89.9 cm³/mol. The number of hydrogen-bond donors (Lipinski definition) is 0. The van der Waals surface area contributed by atoms with Crippen molar-refractivity contribution in [2.24, 2.45) is 5.92 Å². The highest BCUT2D eigenvalue weighted by molar-refractivity contribution is 5.98. The topological polar surface area (TPSA) is 81.3 Å². The number of aromatic nitrogens is 1. The third kappa shape index (κ3) is 5.27. The minimum absolute atomic E-state index is 0.150. The molecule has 0 unspecified atom stereocenters. The van der Waals surface area contributed by atoms with E-state index in [-0.39, 0.29) is 5.57 Å². The second-order valence-electron chi connectivity index (χ2n) is 5.98. The van der Waals surface area contributed by atoms with E-state index in [1.807, 2.05) is 26.0 Å². The van der Waals surface area contributed by atoms with E-state index in [4.69, 9.17) is 4.74 Å². The zero-order valence-corrected chi connectivity index (χ0v) is 14.9. The van der Waals surface area contributed by atoms with Gasteiger partial charge >= 0.3 is 11.9 Å². The lowest BCUT2D eigenvalue weighted by molar-refractivity contribution is -0.154. The van der Waals surface area contributed by atoms with Gasteiger partial charge in [-0.1, -0.05) is 13.8 Å². The molecule has 0 aromatic carbocycles. The van der Waals surface area contributed by atoms with Crippen LogP contribution in [-0.4, -0.2) is 30.2 Å². The van der Waals surface area contributed by atoms with Gasteiger partial charge in [0.1, 0.15) is 11.6 Å². The molecule has 0 aliphatic heterocycles. The summed E-state index contributed by atoms with van der Waals surface area (Å²) in [6.07, 6.45) is 2.54. The van der Waals surface area contributed by atoms with Gasteiger partial charge in [0.15, 0.2) is 6.61 Å². The lowest BCUT2D eigenvalue weighted by atomic mass is 10.1. The monoisotopic (exact) mass is 332 g/mol. The van der Waals surface area contributed by atoms with Gasteiger partial charge in [0, 0.05) is 17.9 Å². The number of carbonyl (C=O) groups excluding carboxylic acids is 2. The highest BCUT2D eigenvalue weighted by Gasteiger charge is 2.15. The van der Waals surface area contributed by atoms with Crippen LogP contribution < -0.4 is 0 Å². The maximum atomic E-state index is 11.9. The first-order valence-corrected chi connectivity index (χ1v) is 7.82. The number of hydrogen-bond acceptors (Lipinski definition) is 5. The molecule has 24 heavy (non-hydrogen) atoms. The van der Waals surface area contributed by atoms with Crippen LogP contribution in [0.2, 0.25) is 0 Å². The van der Waals surface area contributed by atoms with Gasteiger partial charge in [-0.3, -0.25) is 0 Å². The number of methoxy groups -OCH3 is 1. The summed E-state index contributed by atoms with van der Waals surface area (Å²) in [4.78, 5) is 22.9. The summed E-state index contributed by atoms with van der Waals surface area (Å²) >= 11 is 0. The Labute approximate surface area is 142 Å². The molecular formula is C18H24N2O4. The Morgan fingerprint density at radius 3 is 2.58 bits per heavy atom. The van der Waals surface area contributed by atoms with Gasteiger partial charge in [-0.15, -0.1) is 0 Å². The van der Waals surface area contributed by atoms with Crippen LogP contribution in [0.1, 0.15) is 37.2 Å². The highest BCUT2D eigenvalue weighted by Crippen LogP contribution is 2.20. The first-order valence-electron chi connectivity index (χ1n) is 7.82. The summed E-state index contributed by atoms with van der Waals surface area (Å²) in [5.74, 6) is -0.921. The van der Waals surface area contributed by atoms with Crippen LogP contribution in [0.3, 0.4) is 0 Å². The van der Waals surface area contributed by atoms with Gasteiger partial charge in [0.25, 0.3) is 0 Å². The fourth-order valence-electron chi connectivity index (χ4n) is 2.26. The average Bonchev–Trinajstić information content (AvgIpc) is 2.81. The molecule has 1 heterocycles. The van der Waals surface area contributed by atoms with Crippen molar-refractivity contribution in [3.63, 3.8) is 0 Å². The quantitative estimate of drug-likeness (QED) is 0.436. The molecular weight excluding hydrogens is 308 g/mol. The first kappa shape index (κ1) is 19.5. The molecule has 130 valence electrons. The first-order chi connectivity index (χ1) is 11.3. The minimum Gasteiger partial charge on any atom is -0.466 e. The Kier molecular flexibility index (Phi) is 7.25. The Hall–Kier alpha value is -2.55. The van der Waals surface area contributed by atoms with E-state index in [9.17, 15) is 14.9 Å². The van der Waals surface area contributed by atoms with Crippen LogP contribution in [0.15, 0.2) is 11.6 Å². The van der Waals surface area contributed by atoms with E-state index >= 15 is 0 Å². The van der Waals surface area contributed by atoms with E-state index < -0.39 is 18.5 Å². The van der Waals surface area contributed by atoms with Crippen molar-refractivity contribution < 1.29 is 19.1 Å². The Morgan fingerprint density at radius 2 is 2.04 bits per heavy atom. The predicted octanol–water partition coefficient (Wildman–Crippen LogP) is 2.77. The van der Waals surface area contributed by atoms with Crippen molar-refractivity contribution in [3.8, 4) is 6.07 Å². The molecule has 0 spiro atoms. The van der Waals surface area contributed by atoms with Gasteiger partial charge in [0.2, 0.25) is 0 Å². The van der Waals surface area contributed by atoms with Gasteiger partial charge in [-0.25, -0.2) is 9.59 Å². The maximum Gasteiger partial charge on any atom is 0.349 e. The zero-order chi connectivity index (χ0) is 18.3. The SMILES string of the molecule is COC(=O)COC(=O)/C(C#N)=C/c1cc(C)n(CCC(C)C)c1C. The fraction of sp³-hybridized carbons (Fsp3) is 0.500. The van der Waals surface area contributed by atoms with Crippen LogP contribution in [0.5, 0.6) is 0 Å². The van der Waals surface area contributed by atoms with E-state index in [1.54, 1.807) is 0 Å². The van der Waals surface area contributed by atoms with Crippen LogP contribution >= 0.6 is 0 Å². The molecule has 0 bridgehead atoms. The third-order valence-electron chi connectivity index (χ3n) is 3.73. The molecule has 0 fully saturated rings. The molecule has 0 aliphatic rings. The maximum absolute atomic E-state index is 11.9. The standard InChI is InChI=1S/C18H24N2O4/c1-12(2)6-7-20-13(3)8-15(14(20)4)9-16(10-19)18(22)24-11-17(21)23-5/h8-9,12H,6-7,11H2,1-5H3/b16-9+. The second-order valence-corrected chi connectivity index (χ2v) is 5.98. The van der Waals surface area contributed by atoms with Crippen molar-refractivity contribution in [1.82, 2.24) is 4.57 Å². The fourth-order valence-corrected chi connectivity index (χ4v) is 2.26. The number of aryl methyl sites for hydroxylation is 1. The number of carbonyl (C=O) groups is 2. The third-order valence-corrected chi connectivity index (χ3v) is 3.73. The summed E-state index contributed by atoms with van der Waals surface area (Å²) in [5, 5.41) is 9.18. The molecule has 0 atom stereocenters. The molecule has 0 N–H and O–H groups in total. The molecule has 1 rings (SSSR count). The normalized spacial score (nSPS) is 11.3. The zero-order valence-electron chi connectivity index (χ0n) is 14.9. The molecule has 1 aromatic rings. The number of esters is 2. The molecule has 0 saturated heterocycles. The van der Waals surface area contributed by atoms with Crippen molar-refractivity contribution in [1.29, 1.82) is 5.26 Å². The molecule has 0 amide bonds.